The van der Waals surface area contributed by atoms with Gasteiger partial charge in [0.2, 0.25) is 0 Å². The average molecular weight is 375 g/mol. The number of carboxylic acid groups (broad SMARTS) is 1. The maximum atomic E-state index is 11.2. The van der Waals surface area contributed by atoms with E-state index in [0.29, 0.717) is 23.8 Å². The molecule has 0 spiro atoms. The molecule has 0 aromatic heterocycles. The van der Waals surface area contributed by atoms with Crippen molar-refractivity contribution in [2.24, 2.45) is 0 Å². The molecule has 138 valence electrons. The minimum absolute atomic E-state index is 0.229. The molecule has 2 unspecified atom stereocenters. The molecule has 0 amide bonds. The monoisotopic (exact) mass is 374 g/mol. The van der Waals surface area contributed by atoms with Crippen LogP contribution in [0.4, 0.5) is 0 Å². The topological polar surface area (TPSA) is 66.8 Å². The summed E-state index contributed by atoms with van der Waals surface area (Å²) in [6, 6.07) is 15.3. The Morgan fingerprint density at radius 3 is 2.65 bits per heavy atom. The van der Waals surface area contributed by atoms with Crippen molar-refractivity contribution in [3.05, 3.63) is 64.7 Å². The van der Waals surface area contributed by atoms with E-state index in [1.165, 1.54) is 0 Å². The highest BCUT2D eigenvalue weighted by molar-refractivity contribution is 6.32. The average Bonchev–Trinajstić information content (AvgIpc) is 2.61. The summed E-state index contributed by atoms with van der Waals surface area (Å²) in [5.74, 6) is -0.627. The molecule has 26 heavy (non-hydrogen) atoms. The Morgan fingerprint density at radius 2 is 1.96 bits per heavy atom. The number of hydrogen-bond donors (Lipinski definition) is 2. The second-order valence-electron chi connectivity index (χ2n) is 6.94. The van der Waals surface area contributed by atoms with E-state index >= 15 is 0 Å². The molecule has 0 radical (unpaired) electrons. The predicted molar refractivity (Wildman–Crippen MR) is 101 cm³/mol. The lowest BCUT2D eigenvalue weighted by molar-refractivity contribution is -0.145. The van der Waals surface area contributed by atoms with E-state index in [9.17, 15) is 9.90 Å². The smallest absolute Gasteiger partial charge is 0.306 e. The first kappa shape index (κ1) is 18.7. The summed E-state index contributed by atoms with van der Waals surface area (Å²) in [6.07, 6.45) is 2.81. The first-order valence-electron chi connectivity index (χ1n) is 8.88. The normalized spacial score (nSPS) is 22.8. The number of carbonyl (C=O) groups is 1. The van der Waals surface area contributed by atoms with Crippen LogP contribution in [0.5, 0.6) is 5.75 Å². The molecule has 4 nitrogen and oxygen atoms in total. The number of carboxylic acids is 1. The van der Waals surface area contributed by atoms with Crippen LogP contribution in [-0.2, 0) is 11.4 Å². The molecule has 0 aliphatic heterocycles. The quantitative estimate of drug-likeness (QED) is 0.763. The molecule has 5 heteroatoms. The lowest BCUT2D eigenvalue weighted by Crippen LogP contribution is -2.41. The second-order valence-corrected chi connectivity index (χ2v) is 7.34. The number of ether oxygens (including phenoxy) is 1. The zero-order chi connectivity index (χ0) is 18.6. The Labute approximate surface area is 158 Å². The lowest BCUT2D eigenvalue weighted by Gasteiger charge is -2.39. The summed E-state index contributed by atoms with van der Waals surface area (Å²) >= 11 is 6.39. The number of aliphatic carboxylic acids is 1. The van der Waals surface area contributed by atoms with Crippen LogP contribution < -0.4 is 4.74 Å². The standard InChI is InChI=1S/C21H23ClO4/c22-18-12-16(17-8-4-5-11-21(17,25)13-20(23)24)9-10-19(18)26-14-15-6-2-1-3-7-15/h1-3,6-7,9-10,12,17,25H,4-5,8,11,13-14H2,(H,23,24). The van der Waals surface area contributed by atoms with E-state index < -0.39 is 11.6 Å². The van der Waals surface area contributed by atoms with Crippen molar-refractivity contribution in [2.75, 3.05) is 0 Å². The first-order chi connectivity index (χ1) is 12.5. The van der Waals surface area contributed by atoms with Crippen molar-refractivity contribution in [3.8, 4) is 5.75 Å². The van der Waals surface area contributed by atoms with Crippen LogP contribution >= 0.6 is 11.6 Å². The van der Waals surface area contributed by atoms with Gasteiger partial charge in [-0.2, -0.15) is 0 Å². The highest BCUT2D eigenvalue weighted by Gasteiger charge is 2.41. The molecule has 0 heterocycles. The van der Waals surface area contributed by atoms with E-state index in [1.54, 1.807) is 12.1 Å². The van der Waals surface area contributed by atoms with Crippen LogP contribution in [0.3, 0.4) is 0 Å². The molecule has 2 N–H and O–H groups in total. The van der Waals surface area contributed by atoms with Gasteiger partial charge in [0.1, 0.15) is 12.4 Å². The van der Waals surface area contributed by atoms with E-state index in [1.807, 2.05) is 36.4 Å². The second kappa shape index (κ2) is 8.11. The van der Waals surface area contributed by atoms with E-state index in [0.717, 1.165) is 30.4 Å². The molecular formula is C21H23ClO4. The minimum Gasteiger partial charge on any atom is -0.487 e. The summed E-state index contributed by atoms with van der Waals surface area (Å²) in [6.45, 7) is 0.423. The van der Waals surface area contributed by atoms with Gasteiger partial charge in [0.25, 0.3) is 0 Å². The van der Waals surface area contributed by atoms with E-state index in [4.69, 9.17) is 21.4 Å². The molecule has 1 saturated carbocycles. The Kier molecular flexibility index (Phi) is 5.84. The van der Waals surface area contributed by atoms with Gasteiger partial charge in [0.05, 0.1) is 17.0 Å². The third-order valence-electron chi connectivity index (χ3n) is 5.05. The first-order valence-corrected chi connectivity index (χ1v) is 9.26. The fourth-order valence-electron chi connectivity index (χ4n) is 3.76. The van der Waals surface area contributed by atoms with Gasteiger partial charge < -0.3 is 14.9 Å². The van der Waals surface area contributed by atoms with E-state index in [2.05, 4.69) is 0 Å². The number of hydrogen-bond acceptors (Lipinski definition) is 3. The van der Waals surface area contributed by atoms with Crippen LogP contribution in [0.25, 0.3) is 0 Å². The van der Waals surface area contributed by atoms with Crippen molar-refractivity contribution >= 4 is 17.6 Å². The van der Waals surface area contributed by atoms with Gasteiger partial charge in [0.15, 0.2) is 0 Å². The van der Waals surface area contributed by atoms with Crippen molar-refractivity contribution in [3.63, 3.8) is 0 Å². The van der Waals surface area contributed by atoms with Crippen LogP contribution in [-0.4, -0.2) is 21.8 Å². The van der Waals surface area contributed by atoms with Gasteiger partial charge >= 0.3 is 5.97 Å². The van der Waals surface area contributed by atoms with Crippen LogP contribution in [0.2, 0.25) is 5.02 Å². The third-order valence-corrected chi connectivity index (χ3v) is 5.35. The van der Waals surface area contributed by atoms with Gasteiger partial charge in [-0.3, -0.25) is 4.79 Å². The highest BCUT2D eigenvalue weighted by atomic mass is 35.5. The Hall–Kier alpha value is -2.04. The third kappa shape index (κ3) is 4.37. The SMILES string of the molecule is O=C(O)CC1(O)CCCCC1c1ccc(OCc2ccccc2)c(Cl)c1. The van der Waals surface area contributed by atoms with Gasteiger partial charge in [-0.05, 0) is 36.1 Å². The van der Waals surface area contributed by atoms with E-state index in [-0.39, 0.29) is 12.3 Å². The van der Waals surface area contributed by atoms with Crippen molar-refractivity contribution in [1.29, 1.82) is 0 Å². The molecule has 1 aliphatic rings. The zero-order valence-corrected chi connectivity index (χ0v) is 15.3. The fourth-order valence-corrected chi connectivity index (χ4v) is 4.00. The van der Waals surface area contributed by atoms with Crippen LogP contribution in [0.1, 0.15) is 49.1 Å². The molecule has 3 rings (SSSR count). The summed E-state index contributed by atoms with van der Waals surface area (Å²) < 4.78 is 5.79. The fraction of sp³-hybridized carbons (Fsp3) is 0.381. The molecule has 2 aromatic rings. The minimum atomic E-state index is -1.22. The van der Waals surface area contributed by atoms with Crippen LogP contribution in [0.15, 0.2) is 48.5 Å². The summed E-state index contributed by atoms with van der Waals surface area (Å²) in [5.41, 5.74) is 0.695. The van der Waals surface area contributed by atoms with Gasteiger partial charge in [0, 0.05) is 5.92 Å². The highest BCUT2D eigenvalue weighted by Crippen LogP contribution is 2.44. The molecular weight excluding hydrogens is 352 g/mol. The molecule has 1 fully saturated rings. The number of rotatable bonds is 6. The number of benzene rings is 2. The number of halogens is 1. The largest absolute Gasteiger partial charge is 0.487 e. The summed E-state index contributed by atoms with van der Waals surface area (Å²) in [5, 5.41) is 20.6. The molecule has 1 aliphatic carbocycles. The van der Waals surface area contributed by atoms with Crippen molar-refractivity contribution in [2.45, 2.75) is 50.2 Å². The Morgan fingerprint density at radius 1 is 1.19 bits per heavy atom. The lowest BCUT2D eigenvalue weighted by atomic mass is 9.70. The van der Waals surface area contributed by atoms with Gasteiger partial charge in [-0.25, -0.2) is 0 Å². The van der Waals surface area contributed by atoms with Gasteiger partial charge in [-0.15, -0.1) is 0 Å². The summed E-state index contributed by atoms with van der Waals surface area (Å²) in [7, 11) is 0. The molecule has 2 aromatic carbocycles. The Balaban J connectivity index is 1.76. The molecule has 0 bridgehead atoms. The Bertz CT molecular complexity index is 762. The maximum Gasteiger partial charge on any atom is 0.306 e. The van der Waals surface area contributed by atoms with Gasteiger partial charge in [-0.1, -0.05) is 60.8 Å². The molecule has 0 saturated heterocycles. The maximum absolute atomic E-state index is 11.2. The summed E-state index contributed by atoms with van der Waals surface area (Å²) in [4.78, 5) is 11.2. The van der Waals surface area contributed by atoms with Crippen molar-refractivity contribution in [1.82, 2.24) is 0 Å². The van der Waals surface area contributed by atoms with Crippen LogP contribution in [0, 0.1) is 0 Å². The zero-order valence-electron chi connectivity index (χ0n) is 14.5. The van der Waals surface area contributed by atoms with Crippen molar-refractivity contribution < 1.29 is 19.7 Å². The molecule has 2 atom stereocenters. The number of aliphatic hydroxyl groups is 1. The predicted octanol–water partition coefficient (Wildman–Crippen LogP) is 4.78.